The van der Waals surface area contributed by atoms with E-state index in [1.54, 1.807) is 24.3 Å². The summed E-state index contributed by atoms with van der Waals surface area (Å²) in [5.41, 5.74) is 1.39. The molecule has 0 saturated carbocycles. The summed E-state index contributed by atoms with van der Waals surface area (Å²) in [4.78, 5) is 24.3. The summed E-state index contributed by atoms with van der Waals surface area (Å²) in [6.07, 6.45) is 0.313. The van der Waals surface area contributed by atoms with E-state index in [2.05, 4.69) is 5.32 Å². The quantitative estimate of drug-likeness (QED) is 0.858. The van der Waals surface area contributed by atoms with Crippen molar-refractivity contribution in [2.75, 3.05) is 7.11 Å². The summed E-state index contributed by atoms with van der Waals surface area (Å²) in [5.74, 6) is -1.01. The van der Waals surface area contributed by atoms with Crippen LogP contribution in [0.2, 0.25) is 0 Å². The zero-order valence-corrected chi connectivity index (χ0v) is 12.7. The van der Waals surface area contributed by atoms with Gasteiger partial charge in [0, 0.05) is 6.42 Å². The number of hydrogen-bond donors (Lipinski definition) is 1. The van der Waals surface area contributed by atoms with E-state index in [0.717, 1.165) is 5.56 Å². The number of hydrogen-bond acceptors (Lipinski definition) is 4. The number of nitrogens with zero attached hydrogens (tertiary/aromatic N) is 1. The van der Waals surface area contributed by atoms with Crippen molar-refractivity contribution >= 4 is 11.9 Å². The number of carbonyl (C=O) groups is 2. The maximum absolute atomic E-state index is 12.4. The van der Waals surface area contributed by atoms with Crippen LogP contribution in [0.5, 0.6) is 0 Å². The number of benzene rings is 2. The number of nitriles is 1. The average Bonchev–Trinajstić information content (AvgIpc) is 2.61. The molecule has 0 saturated heterocycles. The normalized spacial score (nSPS) is 11.1. The molecular formula is C18H16N2O3. The van der Waals surface area contributed by atoms with Gasteiger partial charge in [-0.1, -0.05) is 42.5 Å². The molecule has 0 radical (unpaired) electrons. The van der Waals surface area contributed by atoms with Gasteiger partial charge in [-0.2, -0.15) is 5.26 Å². The lowest BCUT2D eigenvalue weighted by Crippen LogP contribution is -2.43. The Morgan fingerprint density at radius 3 is 2.43 bits per heavy atom. The van der Waals surface area contributed by atoms with Crippen LogP contribution in [0.4, 0.5) is 0 Å². The molecule has 2 rings (SSSR count). The Labute approximate surface area is 134 Å². The number of nitrogens with one attached hydrogen (secondary N) is 1. The third-order valence-corrected chi connectivity index (χ3v) is 3.37. The molecule has 0 fully saturated rings. The van der Waals surface area contributed by atoms with Crippen molar-refractivity contribution in [3.05, 3.63) is 71.3 Å². The molecule has 0 aromatic heterocycles. The van der Waals surface area contributed by atoms with E-state index >= 15 is 0 Å². The van der Waals surface area contributed by atoms with Gasteiger partial charge in [-0.3, -0.25) is 4.79 Å². The highest BCUT2D eigenvalue weighted by atomic mass is 16.5. The Morgan fingerprint density at radius 1 is 1.13 bits per heavy atom. The molecule has 0 unspecified atom stereocenters. The van der Waals surface area contributed by atoms with E-state index in [4.69, 9.17) is 10.00 Å². The molecule has 116 valence electrons. The molecule has 0 aliphatic rings. The zero-order valence-electron chi connectivity index (χ0n) is 12.7. The Bertz CT molecular complexity index is 735. The number of ether oxygens (including phenoxy) is 1. The van der Waals surface area contributed by atoms with Crippen LogP contribution in [0.25, 0.3) is 0 Å². The molecule has 1 amide bonds. The monoisotopic (exact) mass is 308 g/mol. The van der Waals surface area contributed by atoms with Crippen molar-refractivity contribution in [1.82, 2.24) is 5.32 Å². The van der Waals surface area contributed by atoms with E-state index in [1.807, 2.05) is 36.4 Å². The van der Waals surface area contributed by atoms with E-state index in [9.17, 15) is 9.59 Å². The van der Waals surface area contributed by atoms with E-state index in [-0.39, 0.29) is 11.1 Å². The molecule has 5 heteroatoms. The highest BCUT2D eigenvalue weighted by molar-refractivity contribution is 5.98. The van der Waals surface area contributed by atoms with Crippen molar-refractivity contribution in [2.24, 2.45) is 0 Å². The van der Waals surface area contributed by atoms with Gasteiger partial charge in [-0.05, 0) is 17.7 Å². The topological polar surface area (TPSA) is 79.2 Å². The number of methoxy groups -OCH3 is 1. The van der Waals surface area contributed by atoms with Crippen LogP contribution in [0.15, 0.2) is 54.6 Å². The van der Waals surface area contributed by atoms with Gasteiger partial charge in [-0.15, -0.1) is 0 Å². The fourth-order valence-electron chi connectivity index (χ4n) is 2.20. The molecule has 23 heavy (non-hydrogen) atoms. The van der Waals surface area contributed by atoms with Crippen LogP contribution in [0, 0.1) is 11.3 Å². The first-order chi connectivity index (χ1) is 11.2. The first kappa shape index (κ1) is 16.2. The van der Waals surface area contributed by atoms with Crippen molar-refractivity contribution in [1.29, 1.82) is 5.26 Å². The second-order valence-electron chi connectivity index (χ2n) is 4.90. The van der Waals surface area contributed by atoms with Crippen LogP contribution < -0.4 is 5.32 Å². The second kappa shape index (κ2) is 7.76. The summed E-state index contributed by atoms with van der Waals surface area (Å²) in [5, 5.41) is 11.7. The molecule has 0 spiro atoms. The Morgan fingerprint density at radius 2 is 1.78 bits per heavy atom. The standard InChI is InChI=1S/C18H16N2O3/c1-23-18(22)16(11-13-7-3-2-4-8-13)20-17(21)15-10-6-5-9-14(15)12-19/h2-10,16H,11H2,1H3,(H,20,21)/t16-/m0/s1. The fraction of sp³-hybridized carbons (Fsp3) is 0.167. The lowest BCUT2D eigenvalue weighted by atomic mass is 10.0. The van der Waals surface area contributed by atoms with Crippen LogP contribution in [0.1, 0.15) is 21.5 Å². The smallest absolute Gasteiger partial charge is 0.328 e. The number of carbonyl (C=O) groups excluding carboxylic acids is 2. The van der Waals surface area contributed by atoms with Crippen molar-refractivity contribution in [2.45, 2.75) is 12.5 Å². The highest BCUT2D eigenvalue weighted by Gasteiger charge is 2.23. The number of amides is 1. The average molecular weight is 308 g/mol. The summed E-state index contributed by atoms with van der Waals surface area (Å²) >= 11 is 0. The maximum Gasteiger partial charge on any atom is 0.328 e. The van der Waals surface area contributed by atoms with Crippen LogP contribution in [0.3, 0.4) is 0 Å². The van der Waals surface area contributed by atoms with E-state index < -0.39 is 17.9 Å². The first-order valence-electron chi connectivity index (χ1n) is 7.07. The van der Waals surface area contributed by atoms with Crippen LogP contribution in [-0.2, 0) is 16.0 Å². The van der Waals surface area contributed by atoms with Gasteiger partial charge in [0.25, 0.3) is 5.91 Å². The minimum Gasteiger partial charge on any atom is -0.467 e. The highest BCUT2D eigenvalue weighted by Crippen LogP contribution is 2.09. The molecular weight excluding hydrogens is 292 g/mol. The van der Waals surface area contributed by atoms with Crippen molar-refractivity contribution < 1.29 is 14.3 Å². The number of esters is 1. The molecule has 0 aliphatic heterocycles. The fourth-order valence-corrected chi connectivity index (χ4v) is 2.20. The van der Waals surface area contributed by atoms with Crippen LogP contribution in [-0.4, -0.2) is 25.0 Å². The van der Waals surface area contributed by atoms with Gasteiger partial charge < -0.3 is 10.1 Å². The minimum atomic E-state index is -0.818. The molecule has 2 aromatic carbocycles. The summed E-state index contributed by atoms with van der Waals surface area (Å²) in [6, 6.07) is 16.9. The predicted octanol–water partition coefficient (Wildman–Crippen LogP) is 2.07. The van der Waals surface area contributed by atoms with Gasteiger partial charge in [0.1, 0.15) is 6.04 Å². The summed E-state index contributed by atoms with van der Waals surface area (Å²) in [6.45, 7) is 0. The first-order valence-corrected chi connectivity index (χ1v) is 7.07. The minimum absolute atomic E-state index is 0.233. The Kier molecular flexibility index (Phi) is 5.48. The van der Waals surface area contributed by atoms with Gasteiger partial charge in [0.2, 0.25) is 0 Å². The number of rotatable bonds is 5. The molecule has 1 atom stereocenters. The molecule has 2 aromatic rings. The molecule has 1 N–H and O–H groups in total. The largest absolute Gasteiger partial charge is 0.467 e. The Hall–Kier alpha value is -3.13. The zero-order chi connectivity index (χ0) is 16.7. The van der Waals surface area contributed by atoms with Crippen molar-refractivity contribution in [3.63, 3.8) is 0 Å². The van der Waals surface area contributed by atoms with E-state index in [1.165, 1.54) is 7.11 Å². The van der Waals surface area contributed by atoms with E-state index in [0.29, 0.717) is 6.42 Å². The lowest BCUT2D eigenvalue weighted by Gasteiger charge is -2.17. The molecule has 0 aliphatic carbocycles. The van der Waals surface area contributed by atoms with Gasteiger partial charge >= 0.3 is 5.97 Å². The van der Waals surface area contributed by atoms with Gasteiger partial charge in [0.15, 0.2) is 0 Å². The van der Waals surface area contributed by atoms with Crippen molar-refractivity contribution in [3.8, 4) is 6.07 Å². The third-order valence-electron chi connectivity index (χ3n) is 3.37. The summed E-state index contributed by atoms with van der Waals surface area (Å²) < 4.78 is 4.76. The third kappa shape index (κ3) is 4.17. The molecule has 5 nitrogen and oxygen atoms in total. The SMILES string of the molecule is COC(=O)[C@H](Cc1ccccc1)NC(=O)c1ccccc1C#N. The molecule has 0 bridgehead atoms. The maximum atomic E-state index is 12.4. The lowest BCUT2D eigenvalue weighted by molar-refractivity contribution is -0.142. The molecule has 0 heterocycles. The van der Waals surface area contributed by atoms with Crippen LogP contribution >= 0.6 is 0 Å². The Balaban J connectivity index is 2.19. The predicted molar refractivity (Wildman–Crippen MR) is 84.6 cm³/mol. The van der Waals surface area contributed by atoms with Gasteiger partial charge in [0.05, 0.1) is 24.3 Å². The summed E-state index contributed by atoms with van der Waals surface area (Å²) in [7, 11) is 1.27. The van der Waals surface area contributed by atoms with Gasteiger partial charge in [-0.25, -0.2) is 4.79 Å². The second-order valence-corrected chi connectivity index (χ2v) is 4.90.